The molecule has 0 rings (SSSR count). The van der Waals surface area contributed by atoms with Crippen molar-refractivity contribution in [2.75, 3.05) is 0 Å². The first-order valence-electron chi connectivity index (χ1n) is 7.17. The maximum Gasteiger partial charge on any atom is 0.345 e. The van der Waals surface area contributed by atoms with Gasteiger partial charge in [0.15, 0.2) is 0 Å². The number of hydrogen-bond donors (Lipinski definition) is 1. The predicted octanol–water partition coefficient (Wildman–Crippen LogP) is 3.70. The molecule has 0 aromatic carbocycles. The van der Waals surface area contributed by atoms with Crippen molar-refractivity contribution >= 4 is 11.9 Å². The average molecular weight is 270 g/mol. The summed E-state index contributed by atoms with van der Waals surface area (Å²) in [6.07, 6.45) is 8.04. The fourth-order valence-electron chi connectivity index (χ4n) is 1.58. The summed E-state index contributed by atoms with van der Waals surface area (Å²) >= 11 is 0. The van der Waals surface area contributed by atoms with Crippen LogP contribution in [0.4, 0.5) is 0 Å². The van der Waals surface area contributed by atoms with Gasteiger partial charge in [-0.1, -0.05) is 45.6 Å². The molecule has 0 aromatic rings. The van der Waals surface area contributed by atoms with Gasteiger partial charge in [-0.3, -0.25) is 0 Å². The van der Waals surface area contributed by atoms with Crippen molar-refractivity contribution < 1.29 is 19.4 Å². The third-order valence-electron chi connectivity index (χ3n) is 2.99. The van der Waals surface area contributed by atoms with Gasteiger partial charge >= 0.3 is 11.9 Å². The molecule has 0 fully saturated rings. The molecule has 0 saturated heterocycles. The van der Waals surface area contributed by atoms with Crippen molar-refractivity contribution in [1.82, 2.24) is 0 Å². The van der Waals surface area contributed by atoms with E-state index < -0.39 is 11.9 Å². The molecule has 0 aliphatic heterocycles. The highest BCUT2D eigenvalue weighted by Gasteiger charge is 2.20. The number of allylic oxidation sites excluding steroid dienone is 1. The molecule has 4 heteroatoms. The summed E-state index contributed by atoms with van der Waals surface area (Å²) in [4.78, 5) is 22.7. The summed E-state index contributed by atoms with van der Waals surface area (Å²) in [5, 5.41) is 9.00. The lowest BCUT2D eigenvalue weighted by atomic mass is 10.1. The van der Waals surface area contributed by atoms with Crippen LogP contribution < -0.4 is 0 Å². The van der Waals surface area contributed by atoms with Crippen LogP contribution in [0.5, 0.6) is 0 Å². The number of carboxylic acids is 1. The summed E-state index contributed by atoms with van der Waals surface area (Å²) in [5.74, 6) is -1.93. The van der Waals surface area contributed by atoms with Gasteiger partial charge < -0.3 is 9.84 Å². The Hall–Kier alpha value is -1.32. The molecule has 0 aliphatic carbocycles. The third-order valence-corrected chi connectivity index (χ3v) is 2.99. The topological polar surface area (TPSA) is 63.6 Å². The number of hydrogen-bond acceptors (Lipinski definition) is 3. The van der Waals surface area contributed by atoms with E-state index in [1.54, 1.807) is 6.92 Å². The normalized spacial score (nSPS) is 13.1. The molecule has 0 aromatic heterocycles. The van der Waals surface area contributed by atoms with Gasteiger partial charge in [-0.25, -0.2) is 9.59 Å². The quantitative estimate of drug-likeness (QED) is 0.216. The zero-order chi connectivity index (χ0) is 14.7. The van der Waals surface area contributed by atoms with Crippen LogP contribution in [0.2, 0.25) is 0 Å². The summed E-state index contributed by atoms with van der Waals surface area (Å²) in [6.45, 7) is 5.78. The van der Waals surface area contributed by atoms with Crippen molar-refractivity contribution in [3.8, 4) is 0 Å². The van der Waals surface area contributed by atoms with Crippen molar-refractivity contribution in [3.63, 3.8) is 0 Å². The fourth-order valence-corrected chi connectivity index (χ4v) is 1.58. The average Bonchev–Trinajstić information content (AvgIpc) is 2.36. The van der Waals surface area contributed by atoms with Crippen LogP contribution in [0, 0.1) is 0 Å². The fraction of sp³-hybridized carbons (Fsp3) is 0.733. The number of carbonyl (C=O) groups is 2. The summed E-state index contributed by atoms with van der Waals surface area (Å²) in [5.41, 5.74) is -0.240. The zero-order valence-electron chi connectivity index (χ0n) is 12.3. The predicted molar refractivity (Wildman–Crippen MR) is 74.9 cm³/mol. The minimum absolute atomic E-state index is 0.240. The van der Waals surface area contributed by atoms with E-state index in [1.165, 1.54) is 18.9 Å². The first-order valence-corrected chi connectivity index (χ1v) is 7.17. The lowest BCUT2D eigenvalue weighted by Crippen LogP contribution is -2.20. The smallest absolute Gasteiger partial charge is 0.345 e. The highest BCUT2D eigenvalue weighted by molar-refractivity contribution is 6.13. The number of esters is 1. The van der Waals surface area contributed by atoms with Crippen LogP contribution in [-0.2, 0) is 14.3 Å². The molecule has 1 unspecified atom stereocenters. The minimum Gasteiger partial charge on any atom is -0.477 e. The summed E-state index contributed by atoms with van der Waals surface area (Å²) in [6, 6.07) is 0. The molecule has 110 valence electrons. The van der Waals surface area contributed by atoms with Gasteiger partial charge in [0, 0.05) is 0 Å². The Morgan fingerprint density at radius 3 is 2.32 bits per heavy atom. The number of rotatable bonds is 10. The van der Waals surface area contributed by atoms with Gasteiger partial charge in [0.1, 0.15) is 5.57 Å². The Bertz CT molecular complexity index is 307. The van der Waals surface area contributed by atoms with Gasteiger partial charge in [0.25, 0.3) is 0 Å². The Morgan fingerprint density at radius 1 is 1.16 bits per heavy atom. The Labute approximate surface area is 115 Å². The van der Waals surface area contributed by atoms with Gasteiger partial charge in [-0.15, -0.1) is 0 Å². The van der Waals surface area contributed by atoms with Gasteiger partial charge in [-0.05, 0) is 26.2 Å². The maximum atomic E-state index is 11.6. The zero-order valence-corrected chi connectivity index (χ0v) is 12.3. The molecule has 1 N–H and O–H groups in total. The first-order chi connectivity index (χ1) is 9.02. The Morgan fingerprint density at radius 2 is 1.79 bits per heavy atom. The summed E-state index contributed by atoms with van der Waals surface area (Å²) in [7, 11) is 0. The number of carboxylic acid groups (broad SMARTS) is 1. The first kappa shape index (κ1) is 17.7. The van der Waals surface area contributed by atoms with E-state index in [1.807, 2.05) is 6.92 Å². The van der Waals surface area contributed by atoms with Crippen molar-refractivity contribution in [3.05, 3.63) is 11.6 Å². The third kappa shape index (κ3) is 8.41. The van der Waals surface area contributed by atoms with E-state index in [2.05, 4.69) is 6.92 Å². The molecule has 19 heavy (non-hydrogen) atoms. The SMILES string of the molecule is CCCCCCCC=C(C(=O)O)C(=O)OC(C)CC. The monoisotopic (exact) mass is 270 g/mol. The molecule has 1 atom stereocenters. The molecular weight excluding hydrogens is 244 g/mol. The van der Waals surface area contributed by atoms with Crippen molar-refractivity contribution in [2.45, 2.75) is 71.8 Å². The van der Waals surface area contributed by atoms with Crippen LogP contribution >= 0.6 is 0 Å². The van der Waals surface area contributed by atoms with Crippen LogP contribution in [-0.4, -0.2) is 23.1 Å². The van der Waals surface area contributed by atoms with Crippen molar-refractivity contribution in [2.24, 2.45) is 0 Å². The highest BCUT2D eigenvalue weighted by Crippen LogP contribution is 2.10. The largest absolute Gasteiger partial charge is 0.477 e. The molecule has 0 amide bonds. The van der Waals surface area contributed by atoms with E-state index >= 15 is 0 Å². The molecule has 0 saturated carbocycles. The second-order valence-corrected chi connectivity index (χ2v) is 4.75. The molecular formula is C15H26O4. The number of carbonyl (C=O) groups excluding carboxylic acids is 1. The molecule has 0 spiro atoms. The number of aliphatic carboxylic acids is 1. The Kier molecular flexibility index (Phi) is 9.85. The van der Waals surface area contributed by atoms with Gasteiger partial charge in [-0.2, -0.15) is 0 Å². The molecule has 4 nitrogen and oxygen atoms in total. The van der Waals surface area contributed by atoms with Gasteiger partial charge in [0.05, 0.1) is 6.10 Å². The van der Waals surface area contributed by atoms with Crippen LogP contribution in [0.25, 0.3) is 0 Å². The second-order valence-electron chi connectivity index (χ2n) is 4.75. The lowest BCUT2D eigenvalue weighted by molar-refractivity contribution is -0.147. The lowest BCUT2D eigenvalue weighted by Gasteiger charge is -2.10. The highest BCUT2D eigenvalue weighted by atomic mass is 16.5. The van der Waals surface area contributed by atoms with Crippen LogP contribution in [0.15, 0.2) is 11.6 Å². The van der Waals surface area contributed by atoms with E-state index in [4.69, 9.17) is 9.84 Å². The summed E-state index contributed by atoms with van der Waals surface area (Å²) < 4.78 is 5.03. The van der Waals surface area contributed by atoms with E-state index in [0.717, 1.165) is 19.3 Å². The van der Waals surface area contributed by atoms with E-state index in [9.17, 15) is 9.59 Å². The molecule has 0 aliphatic rings. The maximum absolute atomic E-state index is 11.6. The van der Waals surface area contributed by atoms with E-state index in [0.29, 0.717) is 12.8 Å². The molecule has 0 heterocycles. The minimum atomic E-state index is -1.21. The van der Waals surface area contributed by atoms with Crippen LogP contribution in [0.1, 0.15) is 65.7 Å². The number of unbranched alkanes of at least 4 members (excludes halogenated alkanes) is 5. The molecule has 0 radical (unpaired) electrons. The number of ether oxygens (including phenoxy) is 1. The standard InChI is InChI=1S/C15H26O4/c1-4-6-7-8-9-10-11-13(14(16)17)15(18)19-12(3)5-2/h11-12H,4-10H2,1-3H3,(H,16,17). The van der Waals surface area contributed by atoms with E-state index in [-0.39, 0.29) is 11.7 Å². The molecule has 0 bridgehead atoms. The van der Waals surface area contributed by atoms with Gasteiger partial charge in [0.2, 0.25) is 0 Å². The van der Waals surface area contributed by atoms with Crippen molar-refractivity contribution in [1.29, 1.82) is 0 Å². The van der Waals surface area contributed by atoms with Crippen LogP contribution in [0.3, 0.4) is 0 Å². The Balaban J connectivity index is 4.23. The second kappa shape index (κ2) is 10.6.